The van der Waals surface area contributed by atoms with Crippen LogP contribution in [0.15, 0.2) is 24.3 Å². The van der Waals surface area contributed by atoms with Crippen LogP contribution in [0.4, 0.5) is 0 Å². The van der Waals surface area contributed by atoms with Crippen LogP contribution in [0.2, 0.25) is 0 Å². The zero-order valence-corrected chi connectivity index (χ0v) is 12.0. The van der Waals surface area contributed by atoms with Gasteiger partial charge < -0.3 is 15.1 Å². The third-order valence-corrected chi connectivity index (χ3v) is 4.50. The minimum Gasteiger partial charge on any atom is -0.620 e. The SMILES string of the molecule is CC1CCC2(CC1)OC(=O)C(Cc1ccc(O)cc1)=[N+]2[O-]. The van der Waals surface area contributed by atoms with Crippen molar-refractivity contribution in [3.05, 3.63) is 35.0 Å². The Kier molecular flexibility index (Phi) is 3.35. The van der Waals surface area contributed by atoms with Crippen LogP contribution in [-0.4, -0.2) is 27.3 Å². The van der Waals surface area contributed by atoms with Gasteiger partial charge in [-0.2, -0.15) is 4.74 Å². The quantitative estimate of drug-likeness (QED) is 0.515. The number of esters is 1. The number of hydrogen-bond acceptors (Lipinski definition) is 4. The summed E-state index contributed by atoms with van der Waals surface area (Å²) in [5.74, 6) is 0.228. The van der Waals surface area contributed by atoms with Crippen LogP contribution < -0.4 is 0 Å². The van der Waals surface area contributed by atoms with Gasteiger partial charge in [-0.15, -0.1) is 0 Å². The van der Waals surface area contributed by atoms with E-state index in [4.69, 9.17) is 4.74 Å². The van der Waals surface area contributed by atoms with Gasteiger partial charge in [0.25, 0.3) is 5.71 Å². The van der Waals surface area contributed by atoms with Crippen molar-refractivity contribution in [3.63, 3.8) is 0 Å². The number of carbonyl (C=O) groups excluding carboxylic acids is 1. The van der Waals surface area contributed by atoms with Gasteiger partial charge in [-0.05, 0) is 36.5 Å². The van der Waals surface area contributed by atoms with Gasteiger partial charge in [0.05, 0.1) is 19.3 Å². The molecule has 0 saturated heterocycles. The Morgan fingerprint density at radius 2 is 1.95 bits per heavy atom. The van der Waals surface area contributed by atoms with E-state index in [9.17, 15) is 15.1 Å². The van der Waals surface area contributed by atoms with Crippen molar-refractivity contribution in [1.82, 2.24) is 0 Å². The van der Waals surface area contributed by atoms with Crippen LogP contribution in [0.1, 0.15) is 38.2 Å². The fourth-order valence-electron chi connectivity index (χ4n) is 3.07. The monoisotopic (exact) mass is 289 g/mol. The Morgan fingerprint density at radius 1 is 1.33 bits per heavy atom. The average Bonchev–Trinajstić information content (AvgIpc) is 2.69. The van der Waals surface area contributed by atoms with Crippen LogP contribution >= 0.6 is 0 Å². The summed E-state index contributed by atoms with van der Waals surface area (Å²) in [6, 6.07) is 6.50. The Labute approximate surface area is 123 Å². The zero-order chi connectivity index (χ0) is 15.0. The van der Waals surface area contributed by atoms with E-state index >= 15 is 0 Å². The minimum atomic E-state index is -0.976. The summed E-state index contributed by atoms with van der Waals surface area (Å²) in [6.07, 6.45) is 3.24. The molecule has 1 heterocycles. The molecule has 1 saturated carbocycles. The highest BCUT2D eigenvalue weighted by molar-refractivity contribution is 6.35. The number of nitrogens with zero attached hydrogens (tertiary/aromatic N) is 1. The number of benzene rings is 1. The number of carbonyl (C=O) groups is 1. The standard InChI is InChI=1S/C16H19NO4/c1-11-6-8-16(9-7-11)17(20)14(15(19)21-16)10-12-2-4-13(18)5-3-12/h2-5,11,18H,6-10H2,1H3. The van der Waals surface area contributed by atoms with Crippen molar-refractivity contribution in [2.24, 2.45) is 5.92 Å². The van der Waals surface area contributed by atoms with Gasteiger partial charge in [-0.1, -0.05) is 19.1 Å². The van der Waals surface area contributed by atoms with E-state index in [1.807, 2.05) is 0 Å². The lowest BCUT2D eigenvalue weighted by Crippen LogP contribution is -2.42. The number of hydrogen-bond donors (Lipinski definition) is 1. The van der Waals surface area contributed by atoms with E-state index in [1.54, 1.807) is 24.3 Å². The van der Waals surface area contributed by atoms with Gasteiger partial charge in [-0.25, -0.2) is 4.79 Å². The second-order valence-electron chi connectivity index (χ2n) is 6.10. The summed E-state index contributed by atoms with van der Waals surface area (Å²) in [4.78, 5) is 12.1. The maximum atomic E-state index is 12.6. The second-order valence-corrected chi connectivity index (χ2v) is 6.10. The first-order valence-corrected chi connectivity index (χ1v) is 7.35. The Balaban J connectivity index is 1.85. The van der Waals surface area contributed by atoms with Gasteiger partial charge in [0, 0.05) is 0 Å². The molecule has 5 nitrogen and oxygen atoms in total. The number of ether oxygens (including phenoxy) is 1. The smallest absolute Gasteiger partial charge is 0.405 e. The molecule has 112 valence electrons. The predicted molar refractivity (Wildman–Crippen MR) is 76.9 cm³/mol. The van der Waals surface area contributed by atoms with Crippen molar-refractivity contribution in [1.29, 1.82) is 0 Å². The maximum Gasteiger partial charge on any atom is 0.405 e. The first-order valence-electron chi connectivity index (χ1n) is 7.35. The first-order chi connectivity index (χ1) is 10.00. The number of hydroxylamine groups is 1. The lowest BCUT2D eigenvalue weighted by atomic mass is 9.85. The van der Waals surface area contributed by atoms with Crippen molar-refractivity contribution in [3.8, 4) is 5.75 Å². The van der Waals surface area contributed by atoms with E-state index in [2.05, 4.69) is 6.92 Å². The molecule has 0 unspecified atom stereocenters. The molecule has 5 heteroatoms. The fraction of sp³-hybridized carbons (Fsp3) is 0.500. The van der Waals surface area contributed by atoms with E-state index in [0.717, 1.165) is 23.1 Å². The Morgan fingerprint density at radius 3 is 2.57 bits per heavy atom. The van der Waals surface area contributed by atoms with Crippen molar-refractivity contribution >= 4 is 11.7 Å². The first kappa shape index (κ1) is 13.9. The number of aromatic hydroxyl groups is 1. The summed E-state index contributed by atoms with van der Waals surface area (Å²) >= 11 is 0. The molecule has 1 N–H and O–H groups in total. The zero-order valence-electron chi connectivity index (χ0n) is 12.0. The average molecular weight is 289 g/mol. The molecular formula is C16H19NO4. The van der Waals surface area contributed by atoms with Crippen molar-refractivity contribution in [2.75, 3.05) is 0 Å². The van der Waals surface area contributed by atoms with Crippen LogP contribution in [0, 0.1) is 11.1 Å². The topological polar surface area (TPSA) is 72.6 Å². The van der Waals surface area contributed by atoms with Gasteiger partial charge in [0.15, 0.2) is 0 Å². The van der Waals surface area contributed by atoms with Gasteiger partial charge in [0.2, 0.25) is 0 Å². The fourth-order valence-corrected chi connectivity index (χ4v) is 3.07. The number of phenolic OH excluding ortho intramolecular Hbond substituents is 1. The highest BCUT2D eigenvalue weighted by atomic mass is 16.6. The molecule has 1 aliphatic carbocycles. The lowest BCUT2D eigenvalue weighted by Gasteiger charge is -2.32. The van der Waals surface area contributed by atoms with Crippen LogP contribution in [0.5, 0.6) is 5.75 Å². The molecule has 1 spiro atoms. The molecule has 1 fully saturated rings. The highest BCUT2D eigenvalue weighted by Gasteiger charge is 2.53. The molecule has 0 radical (unpaired) electrons. The van der Waals surface area contributed by atoms with E-state index in [-0.39, 0.29) is 17.9 Å². The molecule has 3 rings (SSSR count). The Bertz CT molecular complexity index is 583. The molecule has 1 aliphatic heterocycles. The predicted octanol–water partition coefficient (Wildman–Crippen LogP) is 2.35. The molecule has 1 aromatic carbocycles. The summed E-state index contributed by atoms with van der Waals surface area (Å²) in [5, 5.41) is 21.8. The number of phenols is 1. The normalized spacial score (nSPS) is 29.0. The van der Waals surface area contributed by atoms with Crippen molar-refractivity contribution in [2.45, 2.75) is 44.8 Å². The largest absolute Gasteiger partial charge is 0.620 e. The van der Waals surface area contributed by atoms with Crippen LogP contribution in [0.3, 0.4) is 0 Å². The van der Waals surface area contributed by atoms with Crippen molar-refractivity contribution < 1.29 is 19.4 Å². The van der Waals surface area contributed by atoms with Gasteiger partial charge in [0.1, 0.15) is 5.75 Å². The molecule has 2 aliphatic rings. The highest BCUT2D eigenvalue weighted by Crippen LogP contribution is 2.38. The second kappa shape index (κ2) is 5.06. The van der Waals surface area contributed by atoms with Crippen LogP contribution in [-0.2, 0) is 16.0 Å². The summed E-state index contributed by atoms with van der Waals surface area (Å²) in [5.41, 5.74) is -0.00683. The molecule has 21 heavy (non-hydrogen) atoms. The van der Waals surface area contributed by atoms with Gasteiger partial charge in [-0.3, -0.25) is 0 Å². The molecule has 0 atom stereocenters. The van der Waals surface area contributed by atoms with Gasteiger partial charge >= 0.3 is 11.7 Å². The third kappa shape index (κ3) is 2.48. The number of rotatable bonds is 2. The van der Waals surface area contributed by atoms with Crippen LogP contribution in [0.25, 0.3) is 0 Å². The molecule has 0 bridgehead atoms. The Hall–Kier alpha value is -2.04. The van der Waals surface area contributed by atoms with E-state index < -0.39 is 11.7 Å². The molecule has 0 amide bonds. The molecular weight excluding hydrogens is 270 g/mol. The molecule has 1 aromatic rings. The minimum absolute atomic E-state index is 0.162. The molecule has 0 aromatic heterocycles. The lowest BCUT2D eigenvalue weighted by molar-refractivity contribution is -0.596. The maximum absolute atomic E-state index is 12.6. The summed E-state index contributed by atoms with van der Waals surface area (Å²) in [6.45, 7) is 2.15. The third-order valence-electron chi connectivity index (χ3n) is 4.50. The summed E-state index contributed by atoms with van der Waals surface area (Å²) < 4.78 is 6.25. The van der Waals surface area contributed by atoms with E-state index in [0.29, 0.717) is 18.8 Å². The van der Waals surface area contributed by atoms with E-state index in [1.165, 1.54) is 0 Å². The summed E-state index contributed by atoms with van der Waals surface area (Å²) in [7, 11) is 0.